The second-order valence-electron chi connectivity index (χ2n) is 6.23. The molecule has 1 aliphatic carbocycles. The summed E-state index contributed by atoms with van der Waals surface area (Å²) < 4.78 is 17.8. The molecule has 0 aromatic heterocycles. The molecule has 2 rings (SSSR count). The number of ether oxygens (including phenoxy) is 1. The van der Waals surface area contributed by atoms with Crippen LogP contribution in [0.25, 0.3) is 0 Å². The molecule has 124 valence electrons. The van der Waals surface area contributed by atoms with E-state index in [0.717, 1.165) is 37.7 Å². The van der Waals surface area contributed by atoms with Crippen LogP contribution in [0.5, 0.6) is 0 Å². The van der Waals surface area contributed by atoms with Crippen LogP contribution in [0.3, 0.4) is 0 Å². The Balaban J connectivity index is 1.77. The fourth-order valence-corrected chi connectivity index (χ4v) is 3.13. The standard InChI is InChI=1S/C19H24FNO2/c20-13-1-3-15-7-11-18(12-8-15)23-19(22)17-9-5-16(6-10-17)4-2-14-21/h5-6,9-10,15,18H,1-4,7-8,11-13H2. The lowest BCUT2D eigenvalue weighted by atomic mass is 9.84. The van der Waals surface area contributed by atoms with Gasteiger partial charge in [-0.25, -0.2) is 4.79 Å². The van der Waals surface area contributed by atoms with Crippen molar-refractivity contribution in [3.05, 3.63) is 35.4 Å². The third-order valence-corrected chi connectivity index (χ3v) is 4.53. The van der Waals surface area contributed by atoms with Crippen LogP contribution in [0.1, 0.15) is 60.9 Å². The molecular formula is C19H24FNO2. The molecule has 0 heterocycles. The van der Waals surface area contributed by atoms with Gasteiger partial charge in [-0.05, 0) is 68.6 Å². The predicted octanol–water partition coefficient (Wildman–Crippen LogP) is 4.61. The summed E-state index contributed by atoms with van der Waals surface area (Å²) in [6.07, 6.45) is 6.56. The van der Waals surface area contributed by atoms with Gasteiger partial charge in [-0.1, -0.05) is 12.1 Å². The van der Waals surface area contributed by atoms with Crippen LogP contribution >= 0.6 is 0 Å². The maximum absolute atomic E-state index is 12.2. The Bertz CT molecular complexity index is 527. The van der Waals surface area contributed by atoms with E-state index in [9.17, 15) is 9.18 Å². The molecule has 3 nitrogen and oxygen atoms in total. The van der Waals surface area contributed by atoms with Crippen LogP contribution in [0.2, 0.25) is 0 Å². The Labute approximate surface area is 137 Å². The predicted molar refractivity (Wildman–Crippen MR) is 86.7 cm³/mol. The van der Waals surface area contributed by atoms with Gasteiger partial charge in [-0.3, -0.25) is 4.39 Å². The molecule has 0 spiro atoms. The molecule has 1 aromatic rings. The lowest BCUT2D eigenvalue weighted by Crippen LogP contribution is -2.24. The maximum Gasteiger partial charge on any atom is 0.338 e. The molecule has 0 unspecified atom stereocenters. The Morgan fingerprint density at radius 1 is 1.22 bits per heavy atom. The zero-order chi connectivity index (χ0) is 16.5. The highest BCUT2D eigenvalue weighted by Gasteiger charge is 2.24. The van der Waals surface area contributed by atoms with Crippen LogP contribution in [0.15, 0.2) is 24.3 Å². The summed E-state index contributed by atoms with van der Waals surface area (Å²) in [5, 5.41) is 8.58. The van der Waals surface area contributed by atoms with E-state index >= 15 is 0 Å². The van der Waals surface area contributed by atoms with Crippen molar-refractivity contribution in [1.29, 1.82) is 5.26 Å². The molecule has 23 heavy (non-hydrogen) atoms. The van der Waals surface area contributed by atoms with E-state index in [1.165, 1.54) is 0 Å². The van der Waals surface area contributed by atoms with Crippen molar-refractivity contribution < 1.29 is 13.9 Å². The summed E-state index contributed by atoms with van der Waals surface area (Å²) in [5.41, 5.74) is 1.61. The fourth-order valence-electron chi connectivity index (χ4n) is 3.13. The molecule has 1 fully saturated rings. The van der Waals surface area contributed by atoms with E-state index in [1.807, 2.05) is 12.1 Å². The van der Waals surface area contributed by atoms with E-state index in [4.69, 9.17) is 10.00 Å². The van der Waals surface area contributed by atoms with Crippen LogP contribution in [-0.4, -0.2) is 18.7 Å². The molecule has 0 bridgehead atoms. The molecule has 1 saturated carbocycles. The smallest absolute Gasteiger partial charge is 0.338 e. The summed E-state index contributed by atoms with van der Waals surface area (Å²) in [4.78, 5) is 12.2. The van der Waals surface area contributed by atoms with Crippen LogP contribution in [-0.2, 0) is 11.2 Å². The zero-order valence-electron chi connectivity index (χ0n) is 13.5. The van der Waals surface area contributed by atoms with Gasteiger partial charge < -0.3 is 4.74 Å². The number of nitriles is 1. The number of nitrogens with zero attached hydrogens (tertiary/aromatic N) is 1. The Kier molecular flexibility index (Phi) is 7.06. The van der Waals surface area contributed by atoms with E-state index < -0.39 is 0 Å². The average molecular weight is 317 g/mol. The summed E-state index contributed by atoms with van der Waals surface area (Å²) in [7, 11) is 0. The summed E-state index contributed by atoms with van der Waals surface area (Å²) in [5.74, 6) is 0.309. The Morgan fingerprint density at radius 2 is 1.91 bits per heavy atom. The van der Waals surface area contributed by atoms with Crippen molar-refractivity contribution in [2.45, 2.75) is 57.5 Å². The lowest BCUT2D eigenvalue weighted by molar-refractivity contribution is 0.0160. The highest BCUT2D eigenvalue weighted by molar-refractivity contribution is 5.89. The van der Waals surface area contributed by atoms with Crippen LogP contribution < -0.4 is 0 Å². The number of aryl methyl sites for hydroxylation is 1. The summed E-state index contributed by atoms with van der Waals surface area (Å²) in [6.45, 7) is -0.237. The molecule has 0 saturated heterocycles. The van der Waals surface area contributed by atoms with E-state index in [2.05, 4.69) is 6.07 Å². The number of rotatable bonds is 7. The number of hydrogen-bond acceptors (Lipinski definition) is 3. The second-order valence-corrected chi connectivity index (χ2v) is 6.23. The molecule has 0 N–H and O–H groups in total. The normalized spacial score (nSPS) is 20.7. The van der Waals surface area contributed by atoms with Gasteiger partial charge in [0.2, 0.25) is 0 Å². The summed E-state index contributed by atoms with van der Waals surface area (Å²) >= 11 is 0. The first-order valence-corrected chi connectivity index (χ1v) is 8.45. The Morgan fingerprint density at radius 3 is 2.52 bits per heavy atom. The van der Waals surface area contributed by atoms with Crippen molar-refractivity contribution in [3.63, 3.8) is 0 Å². The van der Waals surface area contributed by atoms with Gasteiger partial charge in [0.1, 0.15) is 6.10 Å². The number of carbonyl (C=O) groups is 1. The van der Waals surface area contributed by atoms with E-state index in [0.29, 0.717) is 30.7 Å². The highest BCUT2D eigenvalue weighted by atomic mass is 19.1. The zero-order valence-corrected chi connectivity index (χ0v) is 13.5. The lowest BCUT2D eigenvalue weighted by Gasteiger charge is -2.28. The molecule has 0 aliphatic heterocycles. The molecule has 0 atom stereocenters. The first kappa shape index (κ1) is 17.5. The molecular weight excluding hydrogens is 293 g/mol. The summed E-state index contributed by atoms with van der Waals surface area (Å²) in [6, 6.07) is 9.40. The minimum absolute atomic E-state index is 0.0117. The number of hydrogen-bond donors (Lipinski definition) is 0. The maximum atomic E-state index is 12.2. The van der Waals surface area contributed by atoms with Crippen molar-refractivity contribution in [2.75, 3.05) is 6.67 Å². The van der Waals surface area contributed by atoms with Crippen molar-refractivity contribution in [3.8, 4) is 6.07 Å². The number of alkyl halides is 1. The number of halogens is 1. The van der Waals surface area contributed by atoms with Gasteiger partial charge in [-0.2, -0.15) is 5.26 Å². The monoisotopic (exact) mass is 317 g/mol. The van der Waals surface area contributed by atoms with Crippen LogP contribution in [0, 0.1) is 17.2 Å². The van der Waals surface area contributed by atoms with Crippen molar-refractivity contribution >= 4 is 5.97 Å². The number of esters is 1. The first-order chi connectivity index (χ1) is 11.2. The van der Waals surface area contributed by atoms with E-state index in [1.54, 1.807) is 12.1 Å². The Hall–Kier alpha value is -1.89. The fraction of sp³-hybridized carbons (Fsp3) is 0.579. The topological polar surface area (TPSA) is 50.1 Å². The average Bonchev–Trinajstić information content (AvgIpc) is 2.59. The second kappa shape index (κ2) is 9.29. The minimum Gasteiger partial charge on any atom is -0.459 e. The van der Waals surface area contributed by atoms with Gasteiger partial charge in [0.25, 0.3) is 0 Å². The number of carbonyl (C=O) groups excluding carboxylic acids is 1. The molecule has 1 aliphatic rings. The third kappa shape index (κ3) is 5.67. The van der Waals surface area contributed by atoms with Gasteiger partial charge >= 0.3 is 5.97 Å². The van der Waals surface area contributed by atoms with Gasteiger partial charge in [0, 0.05) is 6.42 Å². The van der Waals surface area contributed by atoms with Crippen molar-refractivity contribution in [2.24, 2.45) is 5.92 Å². The quantitative estimate of drug-likeness (QED) is 0.690. The van der Waals surface area contributed by atoms with Gasteiger partial charge in [-0.15, -0.1) is 0 Å². The van der Waals surface area contributed by atoms with Gasteiger partial charge in [0.15, 0.2) is 0 Å². The molecule has 0 radical (unpaired) electrons. The highest BCUT2D eigenvalue weighted by Crippen LogP contribution is 2.29. The van der Waals surface area contributed by atoms with Crippen molar-refractivity contribution in [1.82, 2.24) is 0 Å². The van der Waals surface area contributed by atoms with Gasteiger partial charge in [0.05, 0.1) is 18.3 Å². The molecule has 0 amide bonds. The SMILES string of the molecule is N#CCCc1ccc(C(=O)OC2CCC(CCCF)CC2)cc1. The first-order valence-electron chi connectivity index (χ1n) is 8.45. The largest absolute Gasteiger partial charge is 0.459 e. The van der Waals surface area contributed by atoms with E-state index in [-0.39, 0.29) is 18.7 Å². The minimum atomic E-state index is -0.274. The van der Waals surface area contributed by atoms with Crippen LogP contribution in [0.4, 0.5) is 4.39 Å². The third-order valence-electron chi connectivity index (χ3n) is 4.53. The molecule has 1 aromatic carbocycles. The molecule has 4 heteroatoms. The number of benzene rings is 1.